The fourth-order valence-electron chi connectivity index (χ4n) is 7.57. The lowest BCUT2D eigenvalue weighted by Gasteiger charge is -2.27. The van der Waals surface area contributed by atoms with Crippen LogP contribution in [0.1, 0.15) is 0 Å². The molecule has 0 aliphatic carbocycles. The van der Waals surface area contributed by atoms with Crippen LogP contribution in [0.3, 0.4) is 0 Å². The number of benzene rings is 8. The van der Waals surface area contributed by atoms with Crippen LogP contribution >= 0.6 is 11.3 Å². The molecule has 3 heteroatoms. The third kappa shape index (κ3) is 4.47. The topological polar surface area (TPSA) is 8.17 Å². The zero-order valence-electron chi connectivity index (χ0n) is 26.6. The number of aromatic nitrogens is 1. The molecule has 0 aliphatic rings. The summed E-state index contributed by atoms with van der Waals surface area (Å²) in [6.45, 7) is 0. The summed E-state index contributed by atoms with van der Waals surface area (Å²) in [5.41, 5.74) is 9.35. The molecule has 0 amide bonds. The average Bonchev–Trinajstić information content (AvgIpc) is 3.73. The number of rotatable bonds is 5. The number of anilines is 3. The Hall–Kier alpha value is -6.16. The second kappa shape index (κ2) is 11.2. The van der Waals surface area contributed by atoms with Crippen LogP contribution in [0.2, 0.25) is 0 Å². The molecular formula is C46H30N2S. The largest absolute Gasteiger partial charge is 0.310 e. The molecule has 0 unspecified atom stereocenters. The highest BCUT2D eigenvalue weighted by atomic mass is 32.1. The molecule has 0 radical (unpaired) electrons. The predicted molar refractivity (Wildman–Crippen MR) is 211 cm³/mol. The Morgan fingerprint density at radius 1 is 0.408 bits per heavy atom. The Balaban J connectivity index is 1.27. The van der Waals surface area contributed by atoms with Crippen LogP contribution in [-0.2, 0) is 0 Å². The van der Waals surface area contributed by atoms with Crippen molar-refractivity contribution < 1.29 is 0 Å². The van der Waals surface area contributed by atoms with Crippen molar-refractivity contribution in [1.29, 1.82) is 0 Å². The van der Waals surface area contributed by atoms with E-state index in [1.54, 1.807) is 0 Å². The van der Waals surface area contributed by atoms with Crippen LogP contribution in [0, 0.1) is 0 Å². The van der Waals surface area contributed by atoms with Gasteiger partial charge in [0.25, 0.3) is 0 Å². The van der Waals surface area contributed by atoms with E-state index in [9.17, 15) is 0 Å². The molecule has 0 bridgehead atoms. The Labute approximate surface area is 288 Å². The molecule has 8 aromatic carbocycles. The number of fused-ring (bicyclic) bond motifs is 8. The van der Waals surface area contributed by atoms with Gasteiger partial charge in [-0.1, -0.05) is 115 Å². The molecule has 0 N–H and O–H groups in total. The Bertz CT molecular complexity index is 2810. The maximum atomic E-state index is 2.45. The standard InChI is InChI=1S/C46H30N2S/c1-3-12-31(13-4-1)32-22-26-35(27-23-32)47(36-28-24-33-25-29-44-45(39(33)30-36)38-17-8-10-21-43(38)49-44)41-19-11-20-42-46(41)37-16-7-9-18-40(37)48(42)34-14-5-2-6-15-34/h1-30H. The lowest BCUT2D eigenvalue weighted by Crippen LogP contribution is -2.10. The van der Waals surface area contributed by atoms with Gasteiger partial charge in [-0.2, -0.15) is 0 Å². The fraction of sp³-hybridized carbons (Fsp3) is 0. The van der Waals surface area contributed by atoms with Crippen LogP contribution in [-0.4, -0.2) is 4.57 Å². The zero-order valence-corrected chi connectivity index (χ0v) is 27.4. The summed E-state index contributed by atoms with van der Waals surface area (Å²) in [6, 6.07) is 66.2. The normalized spacial score (nSPS) is 11.7. The van der Waals surface area contributed by atoms with Gasteiger partial charge in [0, 0.05) is 48.0 Å². The van der Waals surface area contributed by atoms with Crippen LogP contribution in [0.25, 0.3) is 69.6 Å². The first kappa shape index (κ1) is 27.9. The third-order valence-corrected chi connectivity index (χ3v) is 10.9. The van der Waals surface area contributed by atoms with Gasteiger partial charge in [-0.25, -0.2) is 0 Å². The lowest BCUT2D eigenvalue weighted by atomic mass is 10.0. The predicted octanol–water partition coefficient (Wildman–Crippen LogP) is 13.4. The first-order chi connectivity index (χ1) is 24.3. The van der Waals surface area contributed by atoms with Gasteiger partial charge in [0.1, 0.15) is 0 Å². The SMILES string of the molecule is c1ccc(-c2ccc(N(c3ccc4ccc5sc6ccccc6c5c4c3)c3cccc4c3c3ccccc3n4-c3ccccc3)cc2)cc1. The number of hydrogen-bond acceptors (Lipinski definition) is 2. The molecule has 0 atom stereocenters. The Morgan fingerprint density at radius 3 is 1.90 bits per heavy atom. The highest BCUT2D eigenvalue weighted by Crippen LogP contribution is 2.46. The summed E-state index contributed by atoms with van der Waals surface area (Å²) in [5.74, 6) is 0. The minimum Gasteiger partial charge on any atom is -0.310 e. The first-order valence-corrected chi connectivity index (χ1v) is 17.5. The quantitative estimate of drug-likeness (QED) is 0.181. The summed E-state index contributed by atoms with van der Waals surface area (Å²) in [6.07, 6.45) is 0. The average molecular weight is 643 g/mol. The second-order valence-electron chi connectivity index (χ2n) is 12.6. The molecule has 230 valence electrons. The van der Waals surface area contributed by atoms with Crippen molar-refractivity contribution in [3.8, 4) is 16.8 Å². The highest BCUT2D eigenvalue weighted by Gasteiger charge is 2.22. The van der Waals surface area contributed by atoms with Crippen molar-refractivity contribution in [2.24, 2.45) is 0 Å². The first-order valence-electron chi connectivity index (χ1n) is 16.7. The molecule has 2 nitrogen and oxygen atoms in total. The maximum Gasteiger partial charge on any atom is 0.0562 e. The summed E-state index contributed by atoms with van der Waals surface area (Å²) >= 11 is 1.87. The number of nitrogens with zero attached hydrogens (tertiary/aromatic N) is 2. The molecule has 0 saturated heterocycles. The second-order valence-corrected chi connectivity index (χ2v) is 13.6. The molecule has 0 saturated carbocycles. The van der Waals surface area contributed by atoms with E-state index in [0.29, 0.717) is 0 Å². The van der Waals surface area contributed by atoms with Gasteiger partial charge in [-0.05, 0) is 88.6 Å². The highest BCUT2D eigenvalue weighted by molar-refractivity contribution is 7.26. The molecule has 10 rings (SSSR count). The molecule has 0 fully saturated rings. The third-order valence-electron chi connectivity index (χ3n) is 9.76. The van der Waals surface area contributed by atoms with E-state index in [-0.39, 0.29) is 0 Å². The van der Waals surface area contributed by atoms with E-state index < -0.39 is 0 Å². The van der Waals surface area contributed by atoms with Gasteiger partial charge < -0.3 is 9.47 Å². The smallest absolute Gasteiger partial charge is 0.0562 e. The summed E-state index contributed by atoms with van der Waals surface area (Å²) in [4.78, 5) is 2.45. The molecule has 2 heterocycles. The van der Waals surface area contributed by atoms with Gasteiger partial charge in [-0.15, -0.1) is 11.3 Å². The van der Waals surface area contributed by atoms with E-state index in [4.69, 9.17) is 0 Å². The molecule has 10 aromatic rings. The molecule has 49 heavy (non-hydrogen) atoms. The van der Waals surface area contributed by atoms with Crippen molar-refractivity contribution >= 4 is 81.1 Å². The summed E-state index contributed by atoms with van der Waals surface area (Å²) < 4.78 is 5.03. The Kier molecular flexibility index (Phi) is 6.39. The lowest BCUT2D eigenvalue weighted by molar-refractivity contribution is 1.18. The minimum atomic E-state index is 1.12. The van der Waals surface area contributed by atoms with E-state index >= 15 is 0 Å². The Morgan fingerprint density at radius 2 is 1.06 bits per heavy atom. The van der Waals surface area contributed by atoms with E-state index in [1.807, 2.05) is 11.3 Å². The van der Waals surface area contributed by atoms with Gasteiger partial charge in [0.05, 0.1) is 16.7 Å². The van der Waals surface area contributed by atoms with Crippen molar-refractivity contribution in [2.45, 2.75) is 0 Å². The molecular weight excluding hydrogens is 613 g/mol. The van der Waals surface area contributed by atoms with Crippen molar-refractivity contribution in [2.75, 3.05) is 4.90 Å². The summed E-state index contributed by atoms with van der Waals surface area (Å²) in [7, 11) is 0. The van der Waals surface area contributed by atoms with Crippen LogP contribution in [0.15, 0.2) is 182 Å². The fourth-order valence-corrected chi connectivity index (χ4v) is 8.69. The van der Waals surface area contributed by atoms with E-state index in [0.717, 1.165) is 22.7 Å². The van der Waals surface area contributed by atoms with Gasteiger partial charge in [0.15, 0.2) is 0 Å². The minimum absolute atomic E-state index is 1.12. The molecule has 0 spiro atoms. The number of para-hydroxylation sites is 2. The van der Waals surface area contributed by atoms with Crippen LogP contribution in [0.5, 0.6) is 0 Å². The zero-order chi connectivity index (χ0) is 32.3. The van der Waals surface area contributed by atoms with Crippen LogP contribution in [0.4, 0.5) is 17.1 Å². The number of hydrogen-bond donors (Lipinski definition) is 0. The molecule has 0 aliphatic heterocycles. The maximum absolute atomic E-state index is 2.45. The van der Waals surface area contributed by atoms with Gasteiger partial charge >= 0.3 is 0 Å². The number of thiophene rings is 1. The van der Waals surface area contributed by atoms with Crippen LogP contribution < -0.4 is 4.90 Å². The van der Waals surface area contributed by atoms with E-state index in [2.05, 4.69) is 191 Å². The summed E-state index contributed by atoms with van der Waals surface area (Å²) in [5, 5.41) is 7.63. The molecule has 2 aromatic heterocycles. The van der Waals surface area contributed by atoms with Gasteiger partial charge in [-0.3, -0.25) is 0 Å². The monoisotopic (exact) mass is 642 g/mol. The van der Waals surface area contributed by atoms with Crippen molar-refractivity contribution in [1.82, 2.24) is 4.57 Å². The van der Waals surface area contributed by atoms with Crippen molar-refractivity contribution in [3.05, 3.63) is 182 Å². The van der Waals surface area contributed by atoms with E-state index in [1.165, 1.54) is 63.9 Å². The van der Waals surface area contributed by atoms with Crippen molar-refractivity contribution in [3.63, 3.8) is 0 Å². The van der Waals surface area contributed by atoms with Gasteiger partial charge in [0.2, 0.25) is 0 Å².